The molecule has 0 fully saturated rings. The van der Waals surface area contributed by atoms with Crippen molar-refractivity contribution in [2.24, 2.45) is 10.1 Å². The lowest BCUT2D eigenvalue weighted by Gasteiger charge is -2.08. The Morgan fingerprint density at radius 3 is 2.15 bits per heavy atom. The number of aliphatic imine (C=N–C) groups is 1. The van der Waals surface area contributed by atoms with Gasteiger partial charge in [0.1, 0.15) is 17.3 Å². The first-order valence-electron chi connectivity index (χ1n) is 8.15. The summed E-state index contributed by atoms with van der Waals surface area (Å²) < 4.78 is 27.1. The van der Waals surface area contributed by atoms with Crippen molar-refractivity contribution >= 4 is 17.2 Å². The highest BCUT2D eigenvalue weighted by Gasteiger charge is 2.18. The fraction of sp³-hybridized carbons (Fsp3) is 0.0476. The number of hydrogen-bond acceptors (Lipinski definition) is 3. The van der Waals surface area contributed by atoms with E-state index in [-0.39, 0.29) is 11.6 Å². The zero-order valence-electron chi connectivity index (χ0n) is 14.0. The average Bonchev–Trinajstić information content (AvgIpc) is 2.83. The maximum Gasteiger partial charge on any atom is 0.154 e. The maximum atomic E-state index is 13.9. The normalized spacial score (nSPS) is 13.2. The van der Waals surface area contributed by atoms with E-state index in [0.717, 1.165) is 11.1 Å². The minimum Gasteiger partial charge on any atom is -0.260 e. The van der Waals surface area contributed by atoms with Gasteiger partial charge < -0.3 is 0 Å². The maximum absolute atomic E-state index is 13.9. The molecule has 128 valence electrons. The van der Waals surface area contributed by atoms with E-state index in [4.69, 9.17) is 0 Å². The minimum atomic E-state index is -0.357. The van der Waals surface area contributed by atoms with Crippen LogP contribution in [-0.2, 0) is 0 Å². The summed E-state index contributed by atoms with van der Waals surface area (Å²) in [6.45, 7) is 2.00. The summed E-state index contributed by atoms with van der Waals surface area (Å²) in [4.78, 5) is 4.58. The number of aryl methyl sites for hydroxylation is 1. The minimum absolute atomic E-state index is 0.325. The van der Waals surface area contributed by atoms with E-state index in [1.165, 1.54) is 24.3 Å². The Balaban J connectivity index is 1.85. The van der Waals surface area contributed by atoms with Crippen LogP contribution in [0.3, 0.4) is 0 Å². The summed E-state index contributed by atoms with van der Waals surface area (Å²) in [7, 11) is 0. The van der Waals surface area contributed by atoms with Gasteiger partial charge in [0.25, 0.3) is 0 Å². The molecule has 26 heavy (non-hydrogen) atoms. The molecule has 0 amide bonds. The van der Waals surface area contributed by atoms with E-state index < -0.39 is 0 Å². The van der Waals surface area contributed by atoms with Crippen molar-refractivity contribution in [1.82, 2.24) is 5.43 Å². The van der Waals surface area contributed by atoms with Gasteiger partial charge in [-0.15, -0.1) is 0 Å². The second-order valence-electron chi connectivity index (χ2n) is 6.07. The van der Waals surface area contributed by atoms with E-state index in [0.29, 0.717) is 28.4 Å². The molecular weight excluding hydrogens is 332 g/mol. The van der Waals surface area contributed by atoms with Crippen molar-refractivity contribution in [1.29, 1.82) is 0 Å². The Morgan fingerprint density at radius 2 is 1.42 bits per heavy atom. The number of hydrazone groups is 1. The third-order valence-electron chi connectivity index (χ3n) is 4.16. The van der Waals surface area contributed by atoms with Crippen LogP contribution in [0, 0.1) is 18.6 Å². The SMILES string of the molecule is Cc1ccc(C2=NNC(c3ccc(F)cc3)=Nc3ccc(F)cc32)cc1. The highest BCUT2D eigenvalue weighted by molar-refractivity contribution is 6.17. The largest absolute Gasteiger partial charge is 0.260 e. The molecule has 0 aromatic heterocycles. The third-order valence-corrected chi connectivity index (χ3v) is 4.16. The number of nitrogens with one attached hydrogen (secondary N) is 1. The number of nitrogens with zero attached hydrogens (tertiary/aromatic N) is 2. The summed E-state index contributed by atoms with van der Waals surface area (Å²) in [5.74, 6) is -0.210. The first kappa shape index (κ1) is 16.1. The first-order chi connectivity index (χ1) is 12.6. The van der Waals surface area contributed by atoms with Gasteiger partial charge in [0.2, 0.25) is 0 Å². The van der Waals surface area contributed by atoms with Crippen molar-refractivity contribution in [3.63, 3.8) is 0 Å². The van der Waals surface area contributed by atoms with E-state index in [1.54, 1.807) is 18.2 Å². The van der Waals surface area contributed by atoms with Crippen LogP contribution in [0.4, 0.5) is 14.5 Å². The summed E-state index contributed by atoms with van der Waals surface area (Å²) in [5, 5.41) is 4.46. The Morgan fingerprint density at radius 1 is 0.769 bits per heavy atom. The summed E-state index contributed by atoms with van der Waals surface area (Å²) >= 11 is 0. The van der Waals surface area contributed by atoms with Crippen LogP contribution in [0.2, 0.25) is 0 Å². The van der Waals surface area contributed by atoms with Crippen molar-refractivity contribution in [3.8, 4) is 0 Å². The topological polar surface area (TPSA) is 36.8 Å². The van der Waals surface area contributed by atoms with Crippen molar-refractivity contribution in [2.45, 2.75) is 6.92 Å². The van der Waals surface area contributed by atoms with Gasteiger partial charge in [-0.2, -0.15) is 5.10 Å². The predicted molar refractivity (Wildman–Crippen MR) is 99.0 cm³/mol. The van der Waals surface area contributed by atoms with Crippen LogP contribution in [0.1, 0.15) is 22.3 Å². The molecule has 0 aliphatic carbocycles. The number of rotatable bonds is 2. The van der Waals surface area contributed by atoms with Gasteiger partial charge in [-0.3, -0.25) is 5.43 Å². The molecule has 0 unspecified atom stereocenters. The molecule has 4 rings (SSSR count). The molecule has 0 radical (unpaired) electrons. The lowest BCUT2D eigenvalue weighted by atomic mass is 10.00. The second-order valence-corrected chi connectivity index (χ2v) is 6.07. The van der Waals surface area contributed by atoms with Crippen molar-refractivity contribution in [3.05, 3.63) is 101 Å². The number of halogens is 2. The highest BCUT2D eigenvalue weighted by atomic mass is 19.1. The zero-order chi connectivity index (χ0) is 18.1. The predicted octanol–water partition coefficient (Wildman–Crippen LogP) is 4.71. The van der Waals surface area contributed by atoms with Crippen LogP contribution >= 0.6 is 0 Å². The number of benzene rings is 3. The smallest absolute Gasteiger partial charge is 0.154 e. The molecule has 1 heterocycles. The van der Waals surface area contributed by atoms with E-state index in [9.17, 15) is 8.78 Å². The van der Waals surface area contributed by atoms with Crippen LogP contribution in [-0.4, -0.2) is 11.5 Å². The Kier molecular flexibility index (Phi) is 4.05. The van der Waals surface area contributed by atoms with E-state index in [1.807, 2.05) is 31.2 Å². The molecule has 3 aromatic carbocycles. The van der Waals surface area contributed by atoms with E-state index >= 15 is 0 Å². The fourth-order valence-electron chi connectivity index (χ4n) is 2.78. The standard InChI is InChI=1S/C21H15F2N3/c1-13-2-4-14(5-3-13)20-18-12-17(23)10-11-19(18)24-21(26-25-20)15-6-8-16(22)9-7-15/h2-12H,1H3,(H,24,26). The summed E-state index contributed by atoms with van der Waals surface area (Å²) in [6, 6.07) is 18.2. The van der Waals surface area contributed by atoms with Crippen molar-refractivity contribution < 1.29 is 8.78 Å². The Hall–Kier alpha value is -3.34. The quantitative estimate of drug-likeness (QED) is 0.716. The van der Waals surface area contributed by atoms with Crippen LogP contribution < -0.4 is 5.43 Å². The average molecular weight is 347 g/mol. The van der Waals surface area contributed by atoms with E-state index in [2.05, 4.69) is 15.5 Å². The number of amidine groups is 1. The molecule has 1 aliphatic rings. The molecular formula is C21H15F2N3. The summed E-state index contributed by atoms with van der Waals surface area (Å²) in [6.07, 6.45) is 0. The van der Waals surface area contributed by atoms with Gasteiger partial charge in [0.15, 0.2) is 5.84 Å². The van der Waals surface area contributed by atoms with Gasteiger partial charge in [-0.1, -0.05) is 29.8 Å². The fourth-order valence-corrected chi connectivity index (χ4v) is 2.78. The van der Waals surface area contributed by atoms with Gasteiger partial charge in [0.05, 0.1) is 5.69 Å². The van der Waals surface area contributed by atoms with Gasteiger partial charge in [-0.25, -0.2) is 13.8 Å². The zero-order valence-corrected chi connectivity index (χ0v) is 14.0. The second kappa shape index (κ2) is 6.52. The molecule has 1 N–H and O–H groups in total. The monoisotopic (exact) mass is 347 g/mol. The Labute approximate surface area is 149 Å². The van der Waals surface area contributed by atoms with Gasteiger partial charge >= 0.3 is 0 Å². The van der Waals surface area contributed by atoms with Crippen LogP contribution in [0.15, 0.2) is 76.8 Å². The molecule has 0 atom stereocenters. The molecule has 0 saturated heterocycles. The molecule has 0 spiro atoms. The molecule has 0 bridgehead atoms. The van der Waals surface area contributed by atoms with Gasteiger partial charge in [-0.05, 0) is 49.4 Å². The lowest BCUT2D eigenvalue weighted by molar-refractivity contribution is 0.627. The molecule has 3 nitrogen and oxygen atoms in total. The first-order valence-corrected chi connectivity index (χ1v) is 8.15. The highest BCUT2D eigenvalue weighted by Crippen LogP contribution is 2.26. The van der Waals surface area contributed by atoms with Crippen LogP contribution in [0.5, 0.6) is 0 Å². The molecule has 3 aromatic rings. The summed E-state index contributed by atoms with van der Waals surface area (Å²) in [5.41, 5.74) is 7.39. The molecule has 5 heteroatoms. The molecule has 0 saturated carbocycles. The number of hydrogen-bond donors (Lipinski definition) is 1. The van der Waals surface area contributed by atoms with Crippen molar-refractivity contribution in [2.75, 3.05) is 0 Å². The third kappa shape index (κ3) is 3.11. The van der Waals surface area contributed by atoms with Gasteiger partial charge in [0, 0.05) is 16.7 Å². The molecule has 1 aliphatic heterocycles. The van der Waals surface area contributed by atoms with Crippen LogP contribution in [0.25, 0.3) is 0 Å². The lowest BCUT2D eigenvalue weighted by Crippen LogP contribution is -2.19. The number of fused-ring (bicyclic) bond motifs is 1. The Bertz CT molecular complexity index is 1020.